The molecule has 0 aliphatic heterocycles. The number of amides is 1. The Bertz CT molecular complexity index is 885. The van der Waals surface area contributed by atoms with Gasteiger partial charge in [-0.2, -0.15) is 0 Å². The second-order valence-corrected chi connectivity index (χ2v) is 6.60. The summed E-state index contributed by atoms with van der Waals surface area (Å²) in [5.74, 6) is -0.364. The van der Waals surface area contributed by atoms with Crippen LogP contribution in [0.3, 0.4) is 0 Å². The lowest BCUT2D eigenvalue weighted by Gasteiger charge is -2.07. The molecule has 0 fully saturated rings. The Kier molecular flexibility index (Phi) is 4.79. The van der Waals surface area contributed by atoms with Gasteiger partial charge in [-0.25, -0.2) is 0 Å². The van der Waals surface area contributed by atoms with Crippen LogP contribution < -0.4 is 5.32 Å². The third-order valence-electron chi connectivity index (χ3n) is 3.57. The Morgan fingerprint density at radius 1 is 0.958 bits per heavy atom. The highest BCUT2D eigenvalue weighted by molar-refractivity contribution is 7.15. The molecule has 0 atom stereocenters. The summed E-state index contributed by atoms with van der Waals surface area (Å²) in [6.07, 6.45) is 0. The van der Waals surface area contributed by atoms with Gasteiger partial charge in [0.25, 0.3) is 5.91 Å². The molecule has 0 saturated carbocycles. The van der Waals surface area contributed by atoms with E-state index in [0.29, 0.717) is 26.7 Å². The zero-order valence-corrected chi connectivity index (χ0v) is 14.4. The SMILES string of the molecule is Cc1csc(NC(=O)c2ccc(Cl)cc2)c1C(=O)c1ccccc1. The number of hydrogen-bond donors (Lipinski definition) is 1. The summed E-state index contributed by atoms with van der Waals surface area (Å²) < 4.78 is 0. The molecule has 3 nitrogen and oxygen atoms in total. The van der Waals surface area contributed by atoms with E-state index in [9.17, 15) is 9.59 Å². The number of thiophene rings is 1. The Morgan fingerprint density at radius 2 is 1.62 bits per heavy atom. The van der Waals surface area contributed by atoms with Gasteiger partial charge < -0.3 is 5.32 Å². The minimum Gasteiger partial charge on any atom is -0.313 e. The maximum absolute atomic E-state index is 12.7. The largest absolute Gasteiger partial charge is 0.313 e. The maximum Gasteiger partial charge on any atom is 0.256 e. The minimum absolute atomic E-state index is 0.0965. The average Bonchev–Trinajstić information content (AvgIpc) is 2.96. The van der Waals surface area contributed by atoms with Crippen LogP contribution >= 0.6 is 22.9 Å². The van der Waals surface area contributed by atoms with Crippen LogP contribution in [0.25, 0.3) is 0 Å². The van der Waals surface area contributed by atoms with Crippen molar-refractivity contribution in [3.63, 3.8) is 0 Å². The number of hydrogen-bond acceptors (Lipinski definition) is 3. The van der Waals surface area contributed by atoms with Crippen molar-refractivity contribution in [3.8, 4) is 0 Å². The predicted molar refractivity (Wildman–Crippen MR) is 98.3 cm³/mol. The van der Waals surface area contributed by atoms with E-state index in [1.807, 2.05) is 30.5 Å². The fourth-order valence-corrected chi connectivity index (χ4v) is 3.39. The van der Waals surface area contributed by atoms with Crippen molar-refractivity contribution < 1.29 is 9.59 Å². The molecule has 3 aromatic rings. The summed E-state index contributed by atoms with van der Waals surface area (Å²) in [5.41, 5.74) is 2.47. The third-order valence-corrected chi connectivity index (χ3v) is 4.84. The van der Waals surface area contributed by atoms with Gasteiger partial charge in [0.2, 0.25) is 0 Å². The van der Waals surface area contributed by atoms with Crippen LogP contribution in [-0.2, 0) is 0 Å². The van der Waals surface area contributed by atoms with E-state index in [1.54, 1.807) is 36.4 Å². The zero-order chi connectivity index (χ0) is 17.1. The highest BCUT2D eigenvalue weighted by atomic mass is 35.5. The molecule has 2 aromatic carbocycles. The lowest BCUT2D eigenvalue weighted by atomic mass is 10.0. The van der Waals surface area contributed by atoms with Crippen molar-refractivity contribution in [2.45, 2.75) is 6.92 Å². The van der Waals surface area contributed by atoms with Crippen LogP contribution in [-0.4, -0.2) is 11.7 Å². The summed E-state index contributed by atoms with van der Waals surface area (Å²) in [5, 5.41) is 5.83. The quantitative estimate of drug-likeness (QED) is 0.654. The molecule has 0 spiro atoms. The molecule has 0 radical (unpaired) electrons. The van der Waals surface area contributed by atoms with Crippen molar-refractivity contribution in [1.82, 2.24) is 0 Å². The number of anilines is 1. The van der Waals surface area contributed by atoms with Crippen LogP contribution in [0.15, 0.2) is 60.0 Å². The van der Waals surface area contributed by atoms with Crippen molar-refractivity contribution in [2.75, 3.05) is 5.32 Å². The number of rotatable bonds is 4. The molecule has 1 amide bonds. The Balaban J connectivity index is 1.89. The average molecular weight is 356 g/mol. The molecule has 24 heavy (non-hydrogen) atoms. The van der Waals surface area contributed by atoms with Gasteiger partial charge in [-0.05, 0) is 42.1 Å². The standard InChI is InChI=1S/C19H14ClNO2S/c1-12-11-24-19(16(12)17(22)13-5-3-2-4-6-13)21-18(23)14-7-9-15(20)10-8-14/h2-11H,1H3,(H,21,23). The first-order valence-corrected chi connectivity index (χ1v) is 8.57. The number of benzene rings is 2. The van der Waals surface area contributed by atoms with Gasteiger partial charge in [-0.1, -0.05) is 41.9 Å². The lowest BCUT2D eigenvalue weighted by molar-refractivity contribution is 0.102. The number of aryl methyl sites for hydroxylation is 1. The first kappa shape index (κ1) is 16.4. The number of carbonyl (C=O) groups is 2. The second-order valence-electron chi connectivity index (χ2n) is 5.28. The van der Waals surface area contributed by atoms with Gasteiger partial charge in [0.15, 0.2) is 5.78 Å². The summed E-state index contributed by atoms with van der Waals surface area (Å²) in [7, 11) is 0. The smallest absolute Gasteiger partial charge is 0.256 e. The fraction of sp³-hybridized carbons (Fsp3) is 0.0526. The summed E-state index contributed by atoms with van der Waals surface area (Å²) >= 11 is 7.19. The number of ketones is 1. The minimum atomic E-state index is -0.268. The summed E-state index contributed by atoms with van der Waals surface area (Å²) in [6.45, 7) is 1.87. The summed E-state index contributed by atoms with van der Waals surface area (Å²) in [4.78, 5) is 25.1. The maximum atomic E-state index is 12.7. The van der Waals surface area contributed by atoms with Gasteiger partial charge in [0.05, 0.1) is 5.56 Å². The monoisotopic (exact) mass is 355 g/mol. The Labute approximate surface area is 148 Å². The Morgan fingerprint density at radius 3 is 2.29 bits per heavy atom. The van der Waals surface area contributed by atoms with Gasteiger partial charge >= 0.3 is 0 Å². The van der Waals surface area contributed by atoms with Crippen molar-refractivity contribution >= 4 is 39.6 Å². The van der Waals surface area contributed by atoms with E-state index in [2.05, 4.69) is 5.32 Å². The van der Waals surface area contributed by atoms with Crippen LogP contribution in [0.4, 0.5) is 5.00 Å². The number of carbonyl (C=O) groups excluding carboxylic acids is 2. The van der Waals surface area contributed by atoms with Crippen LogP contribution in [0.2, 0.25) is 5.02 Å². The molecule has 0 aliphatic rings. The van der Waals surface area contributed by atoms with E-state index < -0.39 is 0 Å². The molecule has 120 valence electrons. The van der Waals surface area contributed by atoms with E-state index in [0.717, 1.165) is 5.56 Å². The van der Waals surface area contributed by atoms with Crippen LogP contribution in [0, 0.1) is 6.92 Å². The predicted octanol–water partition coefficient (Wildman–Crippen LogP) is 5.19. The van der Waals surface area contributed by atoms with Crippen LogP contribution in [0.1, 0.15) is 31.8 Å². The molecule has 5 heteroatoms. The molecular formula is C19H14ClNO2S. The second kappa shape index (κ2) is 6.99. The molecule has 0 saturated heterocycles. The van der Waals surface area contributed by atoms with E-state index in [-0.39, 0.29) is 11.7 Å². The molecule has 3 rings (SSSR count). The van der Waals surface area contributed by atoms with Gasteiger partial charge in [0, 0.05) is 16.1 Å². The first-order valence-electron chi connectivity index (χ1n) is 7.31. The summed E-state index contributed by atoms with van der Waals surface area (Å²) in [6, 6.07) is 15.7. The molecule has 1 aromatic heterocycles. The molecule has 0 bridgehead atoms. The van der Waals surface area contributed by atoms with E-state index >= 15 is 0 Å². The first-order chi connectivity index (χ1) is 11.6. The molecule has 1 heterocycles. The molecule has 0 unspecified atom stereocenters. The zero-order valence-electron chi connectivity index (χ0n) is 12.9. The van der Waals surface area contributed by atoms with Crippen molar-refractivity contribution in [3.05, 3.63) is 87.3 Å². The van der Waals surface area contributed by atoms with E-state index in [1.165, 1.54) is 11.3 Å². The lowest BCUT2D eigenvalue weighted by Crippen LogP contribution is -2.14. The Hall–Kier alpha value is -2.43. The van der Waals surface area contributed by atoms with E-state index in [4.69, 9.17) is 11.6 Å². The third kappa shape index (κ3) is 3.40. The van der Waals surface area contributed by atoms with Gasteiger partial charge in [-0.3, -0.25) is 9.59 Å². The highest BCUT2D eigenvalue weighted by Gasteiger charge is 2.20. The van der Waals surface area contributed by atoms with Gasteiger partial charge in [0.1, 0.15) is 5.00 Å². The highest BCUT2D eigenvalue weighted by Crippen LogP contribution is 2.30. The number of nitrogens with one attached hydrogen (secondary N) is 1. The van der Waals surface area contributed by atoms with Gasteiger partial charge in [-0.15, -0.1) is 11.3 Å². The molecule has 1 N–H and O–H groups in total. The normalized spacial score (nSPS) is 10.4. The topological polar surface area (TPSA) is 46.2 Å². The van der Waals surface area contributed by atoms with Crippen molar-refractivity contribution in [1.29, 1.82) is 0 Å². The fourth-order valence-electron chi connectivity index (χ4n) is 2.33. The molecular weight excluding hydrogens is 342 g/mol. The van der Waals surface area contributed by atoms with Crippen LogP contribution in [0.5, 0.6) is 0 Å². The number of halogens is 1. The van der Waals surface area contributed by atoms with Crippen molar-refractivity contribution in [2.24, 2.45) is 0 Å². The molecule has 0 aliphatic carbocycles.